The topological polar surface area (TPSA) is 71.5 Å². The highest BCUT2D eigenvalue weighted by Gasteiger charge is 2.34. The number of rotatable bonds is 4. The maximum absolute atomic E-state index is 13.0. The molecule has 0 saturated carbocycles. The van der Waals surface area contributed by atoms with Crippen molar-refractivity contribution in [2.75, 3.05) is 4.90 Å². The van der Waals surface area contributed by atoms with E-state index in [0.29, 0.717) is 22.7 Å². The number of pyridine rings is 1. The second kappa shape index (κ2) is 8.04. The van der Waals surface area contributed by atoms with E-state index in [2.05, 4.69) is 10.3 Å². The molecule has 1 N–H and O–H groups in total. The maximum Gasteiger partial charge on any atom is 0.270 e. The van der Waals surface area contributed by atoms with E-state index in [1.807, 2.05) is 30.3 Å². The molecule has 0 unspecified atom stereocenters. The normalized spacial score (nSPS) is 15.4. The number of nitrogens with one attached hydrogen (secondary N) is 1. The van der Waals surface area contributed by atoms with E-state index < -0.39 is 11.8 Å². The number of amides is 2. The number of carbonyl (C=O) groups is 2. The predicted octanol–water partition coefficient (Wildman–Crippen LogP) is 3.71. The van der Waals surface area contributed by atoms with Crippen LogP contribution in [0.1, 0.15) is 5.56 Å². The van der Waals surface area contributed by atoms with Crippen LogP contribution < -0.4 is 15.0 Å². The second-order valence-corrected chi connectivity index (χ2v) is 6.54. The first-order valence-electron chi connectivity index (χ1n) is 8.76. The van der Waals surface area contributed by atoms with Crippen molar-refractivity contribution in [2.45, 2.75) is 0 Å². The van der Waals surface area contributed by atoms with Gasteiger partial charge < -0.3 is 4.74 Å². The van der Waals surface area contributed by atoms with E-state index in [1.54, 1.807) is 48.8 Å². The smallest absolute Gasteiger partial charge is 0.270 e. The summed E-state index contributed by atoms with van der Waals surface area (Å²) >= 11 is 5.22. The van der Waals surface area contributed by atoms with Crippen LogP contribution >= 0.6 is 12.2 Å². The molecule has 1 fully saturated rings. The van der Waals surface area contributed by atoms with E-state index in [-0.39, 0.29) is 10.7 Å². The van der Waals surface area contributed by atoms with Crippen LogP contribution in [0.4, 0.5) is 5.69 Å². The van der Waals surface area contributed by atoms with E-state index in [0.717, 1.165) is 0 Å². The molecular formula is C22H15N3O3S. The molecule has 1 aliphatic heterocycles. The van der Waals surface area contributed by atoms with Crippen molar-refractivity contribution < 1.29 is 14.3 Å². The van der Waals surface area contributed by atoms with Crippen LogP contribution in [0.5, 0.6) is 11.5 Å². The van der Waals surface area contributed by atoms with Gasteiger partial charge >= 0.3 is 0 Å². The Balaban J connectivity index is 1.60. The molecule has 0 bridgehead atoms. The summed E-state index contributed by atoms with van der Waals surface area (Å²) in [4.78, 5) is 30.6. The molecule has 2 amide bonds. The summed E-state index contributed by atoms with van der Waals surface area (Å²) < 4.78 is 5.77. The lowest BCUT2D eigenvalue weighted by Gasteiger charge is -2.29. The average Bonchev–Trinajstić information content (AvgIpc) is 2.74. The molecule has 2 aromatic carbocycles. The van der Waals surface area contributed by atoms with Crippen molar-refractivity contribution in [1.82, 2.24) is 10.3 Å². The minimum atomic E-state index is -0.538. The highest BCUT2D eigenvalue weighted by molar-refractivity contribution is 7.80. The van der Waals surface area contributed by atoms with Crippen LogP contribution in [0.25, 0.3) is 6.08 Å². The predicted molar refractivity (Wildman–Crippen MR) is 113 cm³/mol. The van der Waals surface area contributed by atoms with Gasteiger partial charge in [0.05, 0.1) is 5.69 Å². The number of hydrogen-bond donors (Lipinski definition) is 1. The lowest BCUT2D eigenvalue weighted by Crippen LogP contribution is -2.54. The van der Waals surface area contributed by atoms with E-state index in [9.17, 15) is 9.59 Å². The number of ether oxygens (including phenoxy) is 1. The Kier molecular flexibility index (Phi) is 5.13. The number of para-hydroxylation sites is 1. The van der Waals surface area contributed by atoms with Gasteiger partial charge in [0.1, 0.15) is 17.1 Å². The van der Waals surface area contributed by atoms with Crippen LogP contribution in [-0.2, 0) is 9.59 Å². The van der Waals surface area contributed by atoms with Crippen molar-refractivity contribution in [3.05, 3.63) is 90.3 Å². The van der Waals surface area contributed by atoms with Gasteiger partial charge in [-0.2, -0.15) is 0 Å². The molecule has 29 heavy (non-hydrogen) atoms. The van der Waals surface area contributed by atoms with Crippen molar-refractivity contribution in [3.63, 3.8) is 0 Å². The molecule has 0 atom stereocenters. The summed E-state index contributed by atoms with van der Waals surface area (Å²) in [5.41, 5.74) is 1.15. The highest BCUT2D eigenvalue weighted by Crippen LogP contribution is 2.27. The van der Waals surface area contributed by atoms with Gasteiger partial charge in [-0.1, -0.05) is 24.3 Å². The summed E-state index contributed by atoms with van der Waals surface area (Å²) in [5, 5.41) is 2.59. The second-order valence-electron chi connectivity index (χ2n) is 6.15. The first-order chi connectivity index (χ1) is 14.1. The number of nitrogens with zero attached hydrogens (tertiary/aromatic N) is 2. The SMILES string of the molecule is O=C1NC(=S)N(c2ccc(Oc3ccccc3)cc2)C(=O)C1=Cc1cccnc1. The van der Waals surface area contributed by atoms with Gasteiger partial charge in [0.2, 0.25) is 0 Å². The van der Waals surface area contributed by atoms with Gasteiger partial charge in [-0.05, 0) is 66.3 Å². The fourth-order valence-electron chi connectivity index (χ4n) is 2.81. The maximum atomic E-state index is 13.0. The lowest BCUT2D eigenvalue weighted by atomic mass is 10.1. The number of thiocarbonyl (C=S) groups is 1. The largest absolute Gasteiger partial charge is 0.457 e. The third-order valence-corrected chi connectivity index (χ3v) is 4.46. The minimum absolute atomic E-state index is 0.0174. The average molecular weight is 401 g/mol. The molecule has 0 aliphatic carbocycles. The van der Waals surface area contributed by atoms with Crippen LogP contribution in [0.3, 0.4) is 0 Å². The van der Waals surface area contributed by atoms with Crippen molar-refractivity contribution >= 4 is 40.9 Å². The third-order valence-electron chi connectivity index (χ3n) is 4.17. The molecule has 1 aliphatic rings. The molecule has 1 saturated heterocycles. The Morgan fingerprint density at radius 1 is 0.931 bits per heavy atom. The number of anilines is 1. The number of aromatic nitrogens is 1. The van der Waals surface area contributed by atoms with Crippen molar-refractivity contribution in [3.8, 4) is 11.5 Å². The highest BCUT2D eigenvalue weighted by atomic mass is 32.1. The molecule has 142 valence electrons. The van der Waals surface area contributed by atoms with E-state index in [4.69, 9.17) is 17.0 Å². The zero-order chi connectivity index (χ0) is 20.2. The zero-order valence-electron chi connectivity index (χ0n) is 15.1. The fourth-order valence-corrected chi connectivity index (χ4v) is 3.09. The molecule has 2 heterocycles. The summed E-state index contributed by atoms with van der Waals surface area (Å²) in [6.45, 7) is 0. The van der Waals surface area contributed by atoms with Gasteiger partial charge in [0.25, 0.3) is 11.8 Å². The molecule has 6 nitrogen and oxygen atoms in total. The monoisotopic (exact) mass is 401 g/mol. The molecule has 7 heteroatoms. The first kappa shape index (κ1) is 18.5. The Morgan fingerprint density at radius 3 is 2.34 bits per heavy atom. The van der Waals surface area contributed by atoms with E-state index >= 15 is 0 Å². The van der Waals surface area contributed by atoms with Crippen LogP contribution in [0.15, 0.2) is 84.7 Å². The van der Waals surface area contributed by atoms with Gasteiger partial charge in [-0.25, -0.2) is 0 Å². The Bertz CT molecular complexity index is 1100. The Hall–Kier alpha value is -3.84. The van der Waals surface area contributed by atoms with E-state index in [1.165, 1.54) is 11.0 Å². The van der Waals surface area contributed by atoms with Gasteiger partial charge in [-0.3, -0.25) is 24.8 Å². The summed E-state index contributed by atoms with van der Waals surface area (Å²) in [6, 6.07) is 19.7. The van der Waals surface area contributed by atoms with Gasteiger partial charge in [-0.15, -0.1) is 0 Å². The molecule has 3 aromatic rings. The Labute approximate surface area is 172 Å². The summed E-state index contributed by atoms with van der Waals surface area (Å²) in [5.74, 6) is 0.285. The lowest BCUT2D eigenvalue weighted by molar-refractivity contribution is -0.122. The summed E-state index contributed by atoms with van der Waals surface area (Å²) in [7, 11) is 0. The molecular weight excluding hydrogens is 386 g/mol. The first-order valence-corrected chi connectivity index (χ1v) is 9.17. The quantitative estimate of drug-likeness (QED) is 0.410. The minimum Gasteiger partial charge on any atom is -0.457 e. The molecule has 4 rings (SSSR count). The van der Waals surface area contributed by atoms with Crippen molar-refractivity contribution in [2.24, 2.45) is 0 Å². The van der Waals surface area contributed by atoms with Crippen LogP contribution in [-0.4, -0.2) is 21.9 Å². The summed E-state index contributed by atoms with van der Waals surface area (Å²) in [6.07, 6.45) is 4.68. The fraction of sp³-hybridized carbons (Fsp3) is 0. The third kappa shape index (κ3) is 4.04. The van der Waals surface area contributed by atoms with Gasteiger partial charge in [0, 0.05) is 12.4 Å². The zero-order valence-corrected chi connectivity index (χ0v) is 15.9. The number of hydrogen-bond acceptors (Lipinski definition) is 5. The standard InChI is InChI=1S/C22H15N3O3S/c26-20-19(13-15-5-4-12-23-14-15)21(27)25(22(29)24-20)16-8-10-18(11-9-16)28-17-6-2-1-3-7-17/h1-14H,(H,24,26,29). The van der Waals surface area contributed by atoms with Gasteiger partial charge in [0.15, 0.2) is 5.11 Å². The molecule has 1 aromatic heterocycles. The van der Waals surface area contributed by atoms with Crippen LogP contribution in [0, 0.1) is 0 Å². The Morgan fingerprint density at radius 2 is 1.66 bits per heavy atom. The van der Waals surface area contributed by atoms with Crippen LogP contribution in [0.2, 0.25) is 0 Å². The molecule has 0 spiro atoms. The number of benzene rings is 2. The van der Waals surface area contributed by atoms with Crippen molar-refractivity contribution in [1.29, 1.82) is 0 Å². The molecule has 0 radical (unpaired) electrons. The number of carbonyl (C=O) groups excluding carboxylic acids is 2.